The zero-order valence-corrected chi connectivity index (χ0v) is 16.4. The van der Waals surface area contributed by atoms with E-state index in [1.165, 1.54) is 0 Å². The number of nitrogens with zero attached hydrogens (tertiary/aromatic N) is 5. The van der Waals surface area contributed by atoms with Crippen LogP contribution in [0.15, 0.2) is 61.2 Å². The lowest BCUT2D eigenvalue weighted by molar-refractivity contribution is 0.0276. The van der Waals surface area contributed by atoms with E-state index in [4.69, 9.17) is 4.74 Å². The van der Waals surface area contributed by atoms with E-state index in [1.54, 1.807) is 18.6 Å². The van der Waals surface area contributed by atoms with Crippen LogP contribution in [-0.4, -0.2) is 54.5 Å². The number of hydrogen-bond acceptors (Lipinski definition) is 6. The molecule has 2 aliphatic rings. The van der Waals surface area contributed by atoms with Crippen LogP contribution in [0.25, 0.3) is 16.9 Å². The molecule has 0 aliphatic carbocycles. The molecule has 3 atom stereocenters. The molecule has 5 rings (SSSR count). The summed E-state index contributed by atoms with van der Waals surface area (Å²) >= 11 is 0. The van der Waals surface area contributed by atoms with Crippen molar-refractivity contribution in [1.29, 1.82) is 0 Å². The second-order valence-corrected chi connectivity index (χ2v) is 8.00. The zero-order chi connectivity index (χ0) is 20.0. The fraction of sp³-hybridized carbons (Fsp3) is 0.318. The SMILES string of the molecule is CN1C2C=C[C@]1(C)C[C@@H](Oc1ccc(-c3ccc(-n4ccnc4)cc3O)nn1)C2. The maximum Gasteiger partial charge on any atom is 0.233 e. The molecule has 0 saturated carbocycles. The van der Waals surface area contributed by atoms with Crippen molar-refractivity contribution in [3.8, 4) is 28.6 Å². The summed E-state index contributed by atoms with van der Waals surface area (Å²) in [6.45, 7) is 2.24. The molecule has 1 unspecified atom stereocenters. The molecule has 1 fully saturated rings. The van der Waals surface area contributed by atoms with Gasteiger partial charge in [-0.15, -0.1) is 10.2 Å². The van der Waals surface area contributed by atoms with E-state index in [1.807, 2.05) is 35.0 Å². The molecular weight excluding hydrogens is 366 g/mol. The van der Waals surface area contributed by atoms with Crippen molar-refractivity contribution in [2.24, 2.45) is 0 Å². The van der Waals surface area contributed by atoms with Crippen molar-refractivity contribution in [3.05, 3.63) is 61.2 Å². The predicted molar refractivity (Wildman–Crippen MR) is 109 cm³/mol. The van der Waals surface area contributed by atoms with Crippen LogP contribution < -0.4 is 4.74 Å². The molecule has 4 heterocycles. The number of imidazole rings is 1. The maximum atomic E-state index is 10.4. The molecule has 0 spiro atoms. The number of hydrogen-bond donors (Lipinski definition) is 1. The summed E-state index contributed by atoms with van der Waals surface area (Å²) in [6.07, 6.45) is 11.7. The van der Waals surface area contributed by atoms with Crippen molar-refractivity contribution in [1.82, 2.24) is 24.6 Å². The lowest BCUT2D eigenvalue weighted by Crippen LogP contribution is -2.52. The molecule has 1 saturated heterocycles. The van der Waals surface area contributed by atoms with Crippen LogP contribution in [-0.2, 0) is 0 Å². The van der Waals surface area contributed by atoms with Crippen molar-refractivity contribution < 1.29 is 9.84 Å². The van der Waals surface area contributed by atoms with Crippen molar-refractivity contribution in [2.75, 3.05) is 7.05 Å². The average molecular weight is 389 g/mol. The Morgan fingerprint density at radius 2 is 2.10 bits per heavy atom. The number of fused-ring (bicyclic) bond motifs is 2. The third-order valence-electron chi connectivity index (χ3n) is 6.11. The predicted octanol–water partition coefficient (Wildman–Crippen LogP) is 3.21. The molecule has 7 heteroatoms. The van der Waals surface area contributed by atoms with E-state index < -0.39 is 0 Å². The highest BCUT2D eigenvalue weighted by Gasteiger charge is 2.44. The van der Waals surface area contributed by atoms with Gasteiger partial charge in [-0.2, -0.15) is 0 Å². The Kier molecular flexibility index (Phi) is 4.13. The second kappa shape index (κ2) is 6.70. The number of phenolic OH excluding ortho intramolecular Hbond substituents is 1. The van der Waals surface area contributed by atoms with Gasteiger partial charge >= 0.3 is 0 Å². The quantitative estimate of drug-likeness (QED) is 0.691. The van der Waals surface area contributed by atoms with Gasteiger partial charge in [0.05, 0.1) is 17.7 Å². The van der Waals surface area contributed by atoms with Crippen LogP contribution in [0, 0.1) is 0 Å². The summed E-state index contributed by atoms with van der Waals surface area (Å²) in [5, 5.41) is 19.0. The minimum absolute atomic E-state index is 0.0454. The molecular formula is C22H23N5O2. The molecule has 2 aromatic heterocycles. The summed E-state index contributed by atoms with van der Waals surface area (Å²) in [6, 6.07) is 9.49. The first-order chi connectivity index (χ1) is 14.0. The Morgan fingerprint density at radius 1 is 1.21 bits per heavy atom. The first-order valence-corrected chi connectivity index (χ1v) is 9.76. The maximum absolute atomic E-state index is 10.4. The van der Waals surface area contributed by atoms with E-state index in [-0.39, 0.29) is 17.4 Å². The van der Waals surface area contributed by atoms with Crippen LogP contribution in [0.3, 0.4) is 0 Å². The molecule has 1 aromatic carbocycles. The highest BCUT2D eigenvalue weighted by molar-refractivity contribution is 5.68. The fourth-order valence-corrected chi connectivity index (χ4v) is 4.30. The van der Waals surface area contributed by atoms with Crippen LogP contribution in [0.4, 0.5) is 0 Å². The number of phenols is 1. The van der Waals surface area contributed by atoms with Gasteiger partial charge in [0.25, 0.3) is 0 Å². The molecule has 2 bridgehead atoms. The molecule has 3 aromatic rings. The van der Waals surface area contributed by atoms with Crippen LogP contribution >= 0.6 is 0 Å². The summed E-state index contributed by atoms with van der Waals surface area (Å²) in [5.41, 5.74) is 2.10. The largest absolute Gasteiger partial charge is 0.507 e. The van der Waals surface area contributed by atoms with E-state index >= 15 is 0 Å². The Hall–Kier alpha value is -3.19. The van der Waals surface area contributed by atoms with Crippen LogP contribution in [0.5, 0.6) is 11.6 Å². The summed E-state index contributed by atoms with van der Waals surface area (Å²) in [7, 11) is 2.17. The molecule has 148 valence electrons. The molecule has 1 N–H and O–H groups in total. The summed E-state index contributed by atoms with van der Waals surface area (Å²) in [4.78, 5) is 6.43. The van der Waals surface area contributed by atoms with Gasteiger partial charge in [-0.1, -0.05) is 12.2 Å². The van der Waals surface area contributed by atoms with Crippen molar-refractivity contribution >= 4 is 0 Å². The average Bonchev–Trinajstić information content (AvgIpc) is 3.29. The molecule has 0 amide bonds. The normalized spacial score (nSPS) is 26.0. The Balaban J connectivity index is 1.31. The first-order valence-electron chi connectivity index (χ1n) is 9.76. The van der Waals surface area contributed by atoms with Gasteiger partial charge in [0.2, 0.25) is 5.88 Å². The van der Waals surface area contributed by atoms with Gasteiger partial charge in [-0.25, -0.2) is 4.98 Å². The van der Waals surface area contributed by atoms with Gasteiger partial charge in [-0.05, 0) is 32.2 Å². The highest BCUT2D eigenvalue weighted by atomic mass is 16.5. The number of rotatable bonds is 4. The molecule has 2 aliphatic heterocycles. The number of aromatic hydroxyl groups is 1. The second-order valence-electron chi connectivity index (χ2n) is 8.00. The molecule has 7 nitrogen and oxygen atoms in total. The highest BCUT2D eigenvalue weighted by Crippen LogP contribution is 2.39. The smallest absolute Gasteiger partial charge is 0.233 e. The molecule has 0 radical (unpaired) electrons. The summed E-state index contributed by atoms with van der Waals surface area (Å²) in [5.74, 6) is 0.658. The Morgan fingerprint density at radius 3 is 2.79 bits per heavy atom. The van der Waals surface area contributed by atoms with E-state index in [0.717, 1.165) is 18.5 Å². The number of benzene rings is 1. The fourth-order valence-electron chi connectivity index (χ4n) is 4.30. The number of likely N-dealkylation sites (N-methyl/N-ethyl adjacent to an activating group) is 1. The van der Waals surface area contributed by atoms with Gasteiger partial charge < -0.3 is 14.4 Å². The van der Waals surface area contributed by atoms with Gasteiger partial charge in [-0.3, -0.25) is 4.90 Å². The molecule has 29 heavy (non-hydrogen) atoms. The zero-order valence-electron chi connectivity index (χ0n) is 16.4. The number of ether oxygens (including phenoxy) is 1. The number of piperidine rings is 1. The van der Waals surface area contributed by atoms with E-state index in [9.17, 15) is 5.11 Å². The van der Waals surface area contributed by atoms with E-state index in [2.05, 4.69) is 46.2 Å². The van der Waals surface area contributed by atoms with Crippen molar-refractivity contribution in [3.63, 3.8) is 0 Å². The summed E-state index contributed by atoms with van der Waals surface area (Å²) < 4.78 is 7.96. The third-order valence-corrected chi connectivity index (χ3v) is 6.11. The van der Waals surface area contributed by atoms with Crippen LogP contribution in [0.1, 0.15) is 19.8 Å². The van der Waals surface area contributed by atoms with Crippen LogP contribution in [0.2, 0.25) is 0 Å². The van der Waals surface area contributed by atoms with Crippen molar-refractivity contribution in [2.45, 2.75) is 37.5 Å². The van der Waals surface area contributed by atoms with Gasteiger partial charge in [0, 0.05) is 54.5 Å². The van der Waals surface area contributed by atoms with Gasteiger partial charge in [0.15, 0.2) is 0 Å². The third kappa shape index (κ3) is 3.17. The topological polar surface area (TPSA) is 76.3 Å². The lowest BCUT2D eigenvalue weighted by Gasteiger charge is -2.43. The monoisotopic (exact) mass is 389 g/mol. The lowest BCUT2D eigenvalue weighted by atomic mass is 9.89. The van der Waals surface area contributed by atoms with E-state index in [0.29, 0.717) is 23.2 Å². The Labute approximate surface area is 169 Å². The minimum Gasteiger partial charge on any atom is -0.507 e. The minimum atomic E-state index is 0.0454. The number of aromatic nitrogens is 4. The standard InChI is InChI=1S/C22H23N5O2/c1-22-8-7-15(26(22)2)11-17(13-22)29-21-6-5-19(24-25-21)18-4-3-16(12-20(18)28)27-10-9-23-14-27/h3-10,12,14-15,17,28H,11,13H2,1-2H3/t15?,17-,22+/m0/s1. The van der Waals surface area contributed by atoms with Gasteiger partial charge in [0.1, 0.15) is 11.9 Å². The Bertz CT molecular complexity index is 1050. The first kappa shape index (κ1) is 17.9.